The summed E-state index contributed by atoms with van der Waals surface area (Å²) in [5, 5.41) is 0. The quantitative estimate of drug-likeness (QED) is 0.0801. The molecule has 0 N–H and O–H groups in total. The number of allylic oxidation sites excluding steroid dienone is 3. The van der Waals surface area contributed by atoms with E-state index in [1.807, 2.05) is 0 Å². The number of carbonyl (C=O) groups excluding carboxylic acids is 1. The van der Waals surface area contributed by atoms with Crippen LogP contribution < -0.4 is 0 Å². The molecule has 0 aromatic heterocycles. The van der Waals surface area contributed by atoms with Crippen molar-refractivity contribution in [1.29, 1.82) is 0 Å². The minimum Gasteiger partial charge on any atom is -0.462 e. The van der Waals surface area contributed by atoms with Crippen molar-refractivity contribution in [2.45, 2.75) is 196 Å². The van der Waals surface area contributed by atoms with Crippen molar-refractivity contribution < 1.29 is 9.53 Å². The number of esters is 1. The summed E-state index contributed by atoms with van der Waals surface area (Å²) in [4.78, 5) is 12.8. The molecule has 0 bridgehead atoms. The fraction of sp³-hybridized carbons (Fsp3) is 0.886. The minimum absolute atomic E-state index is 0.0577. The van der Waals surface area contributed by atoms with Gasteiger partial charge in [-0.1, -0.05) is 149 Å². The van der Waals surface area contributed by atoms with Crippen LogP contribution in [0.15, 0.2) is 23.8 Å². The van der Waals surface area contributed by atoms with Crippen molar-refractivity contribution in [3.05, 3.63) is 23.8 Å². The van der Waals surface area contributed by atoms with Crippen LogP contribution in [-0.2, 0) is 9.53 Å². The number of rotatable bonds is 19. The zero-order valence-electron chi connectivity index (χ0n) is 31.7. The maximum Gasteiger partial charge on any atom is 0.306 e. The van der Waals surface area contributed by atoms with Crippen LogP contribution in [-0.4, -0.2) is 12.1 Å². The van der Waals surface area contributed by atoms with E-state index in [0.717, 1.165) is 48.9 Å². The number of unbranched alkanes of at least 4 members (excludes halogenated alkanes) is 12. The van der Waals surface area contributed by atoms with Crippen molar-refractivity contribution in [3.63, 3.8) is 0 Å². The Morgan fingerprint density at radius 3 is 2.07 bits per heavy atom. The van der Waals surface area contributed by atoms with Gasteiger partial charge in [0.05, 0.1) is 0 Å². The van der Waals surface area contributed by atoms with Gasteiger partial charge in [-0.15, -0.1) is 0 Å². The summed E-state index contributed by atoms with van der Waals surface area (Å²) in [5.74, 6) is 5.50. The second kappa shape index (κ2) is 18.1. The van der Waals surface area contributed by atoms with Crippen molar-refractivity contribution in [2.24, 2.45) is 52.3 Å². The highest BCUT2D eigenvalue weighted by molar-refractivity contribution is 5.69. The highest BCUT2D eigenvalue weighted by Gasteiger charge is 2.59. The van der Waals surface area contributed by atoms with Crippen molar-refractivity contribution in [1.82, 2.24) is 0 Å². The van der Waals surface area contributed by atoms with E-state index >= 15 is 0 Å². The number of carbonyl (C=O) groups is 1. The molecule has 0 spiro atoms. The van der Waals surface area contributed by atoms with Crippen LogP contribution in [0, 0.1) is 52.3 Å². The molecular formula is C44H76O2. The molecule has 2 nitrogen and oxygen atoms in total. The van der Waals surface area contributed by atoms with Crippen LogP contribution in [0.4, 0.5) is 0 Å². The first-order valence-electron chi connectivity index (χ1n) is 20.7. The Hall–Kier alpha value is -1.05. The average Bonchev–Trinajstić information content (AvgIpc) is 3.39. The second-order valence-electron chi connectivity index (χ2n) is 17.7. The van der Waals surface area contributed by atoms with Crippen LogP contribution in [0.25, 0.3) is 0 Å². The molecule has 4 aliphatic carbocycles. The standard InChI is InChI=1S/C44H76O2/c1-8-9-10-11-12-13-14-15-16-17-18-19-20-21-42(45)46-37-28-30-43(6)36(32-37)24-25-38-40-27-26-39(44(40,7)31-29-41(38)43)35(5)23-22-34(4)33(2)3/h22-24,33-35,37-41H,8-21,25-32H2,1-7H3/b23-22+/t34-,35+,37-,38-,39+,40-,41-,43-,44+/m0/s1. The molecule has 0 radical (unpaired) electrons. The molecule has 264 valence electrons. The number of ether oxygens (including phenoxy) is 1. The highest BCUT2D eigenvalue weighted by Crippen LogP contribution is 2.67. The highest BCUT2D eigenvalue weighted by atomic mass is 16.5. The fourth-order valence-electron chi connectivity index (χ4n) is 10.9. The monoisotopic (exact) mass is 637 g/mol. The van der Waals surface area contributed by atoms with E-state index in [0.29, 0.717) is 29.1 Å². The van der Waals surface area contributed by atoms with Crippen molar-refractivity contribution >= 4 is 5.97 Å². The van der Waals surface area contributed by atoms with Gasteiger partial charge < -0.3 is 4.74 Å². The molecule has 2 heteroatoms. The minimum atomic E-state index is 0.0577. The topological polar surface area (TPSA) is 26.3 Å². The van der Waals surface area contributed by atoms with Crippen LogP contribution in [0.2, 0.25) is 0 Å². The number of hydrogen-bond acceptors (Lipinski definition) is 2. The zero-order valence-corrected chi connectivity index (χ0v) is 31.7. The summed E-state index contributed by atoms with van der Waals surface area (Å²) in [6.45, 7) is 17.1. The van der Waals surface area contributed by atoms with Gasteiger partial charge in [-0.05, 0) is 104 Å². The Balaban J connectivity index is 1.17. The predicted octanol–water partition coefficient (Wildman–Crippen LogP) is 13.4. The molecule has 9 atom stereocenters. The van der Waals surface area contributed by atoms with E-state index in [-0.39, 0.29) is 12.1 Å². The van der Waals surface area contributed by atoms with Crippen molar-refractivity contribution in [3.8, 4) is 0 Å². The zero-order chi connectivity index (χ0) is 33.2. The molecule has 3 saturated carbocycles. The SMILES string of the molecule is CCCCCCCCCCCCCCCC(=O)O[C@H]1CC[C@@]2(C)C(=CC[C@H]3[C@@H]4CC[C@H]([C@H](C)/C=C/[C@H](C)C(C)C)[C@@]4(C)CC[C@@H]32)C1. The Kier molecular flexibility index (Phi) is 14.8. The Morgan fingerprint density at radius 2 is 1.43 bits per heavy atom. The first-order valence-corrected chi connectivity index (χ1v) is 20.7. The molecule has 0 aliphatic heterocycles. The normalized spacial score (nSPS) is 33.7. The van der Waals surface area contributed by atoms with E-state index in [4.69, 9.17) is 4.74 Å². The molecule has 0 amide bonds. The number of hydrogen-bond donors (Lipinski definition) is 0. The van der Waals surface area contributed by atoms with Crippen LogP contribution in [0.3, 0.4) is 0 Å². The second-order valence-corrected chi connectivity index (χ2v) is 17.7. The third-order valence-electron chi connectivity index (χ3n) is 14.3. The van der Waals surface area contributed by atoms with Gasteiger partial charge in [0.25, 0.3) is 0 Å². The molecule has 46 heavy (non-hydrogen) atoms. The molecule has 0 aromatic rings. The maximum absolute atomic E-state index is 12.8. The lowest BCUT2D eigenvalue weighted by molar-refractivity contribution is -0.151. The van der Waals surface area contributed by atoms with Gasteiger partial charge in [0.2, 0.25) is 0 Å². The lowest BCUT2D eigenvalue weighted by atomic mass is 9.47. The summed E-state index contributed by atoms with van der Waals surface area (Å²) in [5.41, 5.74) is 2.45. The average molecular weight is 637 g/mol. The predicted molar refractivity (Wildman–Crippen MR) is 198 cm³/mol. The van der Waals surface area contributed by atoms with Gasteiger partial charge >= 0.3 is 5.97 Å². The van der Waals surface area contributed by atoms with E-state index in [9.17, 15) is 4.79 Å². The molecule has 4 aliphatic rings. The van der Waals surface area contributed by atoms with Gasteiger partial charge in [-0.2, -0.15) is 0 Å². The largest absolute Gasteiger partial charge is 0.462 e. The lowest BCUT2D eigenvalue weighted by Gasteiger charge is -2.58. The molecule has 4 rings (SSSR count). The molecule has 3 fully saturated rings. The summed E-state index contributed by atoms with van der Waals surface area (Å²) in [6.07, 6.45) is 36.0. The van der Waals surface area contributed by atoms with Crippen LogP contribution in [0.1, 0.15) is 190 Å². The van der Waals surface area contributed by atoms with E-state index in [2.05, 4.69) is 66.7 Å². The molecule has 0 saturated heterocycles. The van der Waals surface area contributed by atoms with Gasteiger partial charge in [-0.3, -0.25) is 4.79 Å². The lowest BCUT2D eigenvalue weighted by Crippen LogP contribution is -2.51. The smallest absolute Gasteiger partial charge is 0.306 e. The Bertz CT molecular complexity index is 976. The molecule has 0 unspecified atom stereocenters. The van der Waals surface area contributed by atoms with Gasteiger partial charge in [0.1, 0.15) is 6.10 Å². The number of fused-ring (bicyclic) bond motifs is 5. The summed E-state index contributed by atoms with van der Waals surface area (Å²) >= 11 is 0. The van der Waals surface area contributed by atoms with E-state index in [1.165, 1.54) is 116 Å². The molecular weight excluding hydrogens is 560 g/mol. The fourth-order valence-corrected chi connectivity index (χ4v) is 10.9. The Labute approximate surface area is 286 Å². The summed E-state index contributed by atoms with van der Waals surface area (Å²) < 4.78 is 6.12. The van der Waals surface area contributed by atoms with Gasteiger partial charge in [-0.25, -0.2) is 0 Å². The van der Waals surface area contributed by atoms with E-state index in [1.54, 1.807) is 5.57 Å². The summed E-state index contributed by atoms with van der Waals surface area (Å²) in [7, 11) is 0. The third kappa shape index (κ3) is 9.55. The van der Waals surface area contributed by atoms with Crippen LogP contribution in [0.5, 0.6) is 0 Å². The van der Waals surface area contributed by atoms with Gasteiger partial charge in [0.15, 0.2) is 0 Å². The first kappa shape index (κ1) is 37.8. The maximum atomic E-state index is 12.8. The van der Waals surface area contributed by atoms with Crippen molar-refractivity contribution in [2.75, 3.05) is 0 Å². The third-order valence-corrected chi connectivity index (χ3v) is 14.3. The van der Waals surface area contributed by atoms with Crippen LogP contribution >= 0.6 is 0 Å². The Morgan fingerprint density at radius 1 is 0.804 bits per heavy atom. The molecule has 0 aromatic carbocycles. The first-order chi connectivity index (χ1) is 22.1. The van der Waals surface area contributed by atoms with Gasteiger partial charge in [0, 0.05) is 12.8 Å². The van der Waals surface area contributed by atoms with E-state index < -0.39 is 0 Å². The molecule has 0 heterocycles. The summed E-state index contributed by atoms with van der Waals surface area (Å²) in [6, 6.07) is 0.